The second kappa shape index (κ2) is 7.43. The summed E-state index contributed by atoms with van der Waals surface area (Å²) in [6.45, 7) is 2.62. The number of alkyl halides is 1. The fourth-order valence-corrected chi connectivity index (χ4v) is 4.42. The average Bonchev–Trinajstić information content (AvgIpc) is 3.42. The number of nitrogens with two attached hydrogens (primary N) is 2. The van der Waals surface area contributed by atoms with Crippen LogP contribution in [-0.2, 0) is 11.3 Å². The first-order valence-electron chi connectivity index (χ1n) is 9.63. The van der Waals surface area contributed by atoms with Crippen LogP contribution in [0, 0.1) is 5.92 Å². The smallest absolute Gasteiger partial charge is 0.165 e. The van der Waals surface area contributed by atoms with Gasteiger partial charge in [-0.15, -0.1) is 0 Å². The second-order valence-corrected chi connectivity index (χ2v) is 7.92. The summed E-state index contributed by atoms with van der Waals surface area (Å²) in [4.78, 5) is 4.39. The van der Waals surface area contributed by atoms with Crippen molar-refractivity contribution >= 4 is 11.4 Å². The molecule has 3 aliphatic rings. The molecule has 0 spiro atoms. The summed E-state index contributed by atoms with van der Waals surface area (Å²) in [7, 11) is 3.29. The lowest BCUT2D eigenvalue weighted by molar-refractivity contribution is 0.138. The molecule has 0 bridgehead atoms. The van der Waals surface area contributed by atoms with Gasteiger partial charge in [-0.1, -0.05) is 6.07 Å². The minimum atomic E-state index is -0.977. The van der Waals surface area contributed by atoms with Crippen LogP contribution < -0.4 is 26.1 Å². The number of nitrogens with zero attached hydrogens (tertiary/aromatic N) is 3. The molecule has 7 nitrogen and oxygen atoms in total. The summed E-state index contributed by atoms with van der Waals surface area (Å²) in [5.74, 6) is 6.70. The molecule has 0 amide bonds. The molecule has 1 aromatic carbocycles. The number of anilines is 2. The zero-order valence-corrected chi connectivity index (χ0v) is 16.1. The first-order valence-corrected chi connectivity index (χ1v) is 9.63. The number of hydrogen-bond donors (Lipinski definition) is 2. The van der Waals surface area contributed by atoms with Crippen LogP contribution in [0.4, 0.5) is 15.8 Å². The van der Waals surface area contributed by atoms with E-state index in [0.29, 0.717) is 39.0 Å². The topological polar surface area (TPSA) is 80.2 Å². The number of fused-ring (bicyclic) bond motifs is 1. The van der Waals surface area contributed by atoms with Crippen molar-refractivity contribution in [2.45, 2.75) is 37.6 Å². The normalized spacial score (nSPS) is 27.0. The lowest BCUT2D eigenvalue weighted by Gasteiger charge is -2.38. The number of halogens is 1. The molecule has 1 aliphatic carbocycles. The third-order valence-corrected chi connectivity index (χ3v) is 5.92. The maximum Gasteiger partial charge on any atom is 0.165 e. The Morgan fingerprint density at radius 2 is 2.04 bits per heavy atom. The van der Waals surface area contributed by atoms with Crippen molar-refractivity contribution in [3.8, 4) is 5.75 Å². The number of hydrogen-bond acceptors (Lipinski definition) is 7. The van der Waals surface area contributed by atoms with Gasteiger partial charge in [0, 0.05) is 44.7 Å². The molecule has 3 atom stereocenters. The van der Waals surface area contributed by atoms with E-state index in [1.54, 1.807) is 14.2 Å². The second-order valence-electron chi connectivity index (χ2n) is 7.92. The Bertz CT molecular complexity index is 686. The molecule has 1 saturated heterocycles. The van der Waals surface area contributed by atoms with Crippen LogP contribution >= 0.6 is 0 Å². The Labute approximate surface area is 159 Å². The summed E-state index contributed by atoms with van der Waals surface area (Å²) in [6.07, 6.45) is 1.37. The highest BCUT2D eigenvalue weighted by atomic mass is 19.1. The highest BCUT2D eigenvalue weighted by Gasteiger charge is 2.40. The van der Waals surface area contributed by atoms with Crippen LogP contribution in [-0.4, -0.2) is 63.8 Å². The molecule has 4 rings (SSSR count). The molecular weight excluding hydrogens is 349 g/mol. The molecule has 27 heavy (non-hydrogen) atoms. The highest BCUT2D eigenvalue weighted by molar-refractivity contribution is 5.77. The summed E-state index contributed by atoms with van der Waals surface area (Å²) in [5, 5.41) is 1.83. The number of rotatable bonds is 6. The quantitative estimate of drug-likeness (QED) is 0.716. The van der Waals surface area contributed by atoms with Crippen molar-refractivity contribution in [2.75, 3.05) is 50.4 Å². The molecule has 2 aliphatic heterocycles. The van der Waals surface area contributed by atoms with Crippen LogP contribution in [0.25, 0.3) is 0 Å². The van der Waals surface area contributed by atoms with Gasteiger partial charge < -0.3 is 25.0 Å². The van der Waals surface area contributed by atoms with E-state index in [1.807, 2.05) is 11.1 Å². The van der Waals surface area contributed by atoms with Crippen LogP contribution in [0.5, 0.6) is 5.75 Å². The van der Waals surface area contributed by atoms with Gasteiger partial charge in [-0.2, -0.15) is 0 Å². The van der Waals surface area contributed by atoms with Crippen LogP contribution in [0.1, 0.15) is 18.4 Å². The molecule has 2 heterocycles. The lowest BCUT2D eigenvalue weighted by Crippen LogP contribution is -2.47. The molecule has 1 saturated carbocycles. The van der Waals surface area contributed by atoms with Crippen molar-refractivity contribution in [3.05, 3.63) is 17.7 Å². The fourth-order valence-electron chi connectivity index (χ4n) is 4.42. The van der Waals surface area contributed by atoms with Gasteiger partial charge in [0.1, 0.15) is 6.17 Å². The van der Waals surface area contributed by atoms with Gasteiger partial charge in [0.25, 0.3) is 0 Å². The van der Waals surface area contributed by atoms with E-state index in [4.69, 9.17) is 21.1 Å². The minimum Gasteiger partial charge on any atom is -0.492 e. The zero-order valence-electron chi connectivity index (χ0n) is 16.1. The molecule has 1 aromatic rings. The molecule has 4 N–H and O–H groups in total. The van der Waals surface area contributed by atoms with Crippen LogP contribution in [0.15, 0.2) is 12.1 Å². The van der Waals surface area contributed by atoms with Gasteiger partial charge in [-0.05, 0) is 24.5 Å². The first kappa shape index (κ1) is 18.7. The van der Waals surface area contributed by atoms with Crippen molar-refractivity contribution in [3.63, 3.8) is 0 Å². The Balaban J connectivity index is 1.65. The Morgan fingerprint density at radius 1 is 1.26 bits per heavy atom. The van der Waals surface area contributed by atoms with Gasteiger partial charge in [0.2, 0.25) is 0 Å². The van der Waals surface area contributed by atoms with E-state index in [-0.39, 0.29) is 12.0 Å². The van der Waals surface area contributed by atoms with Gasteiger partial charge in [0.15, 0.2) is 5.75 Å². The standard InChI is InChI=1S/C19H30FN5O2/c1-26-10-16(21)14-8-23(9-15(14)20)17-6-3-12-7-24(22)11-25(13-4-5-13)18(12)19(17)27-2/h3,6,13-16H,4-5,7-11,21-22H2,1-2H3/t14-,15-,16+/m0/s1. The van der Waals surface area contributed by atoms with E-state index >= 15 is 0 Å². The van der Waals surface area contributed by atoms with Crippen LogP contribution in [0.3, 0.4) is 0 Å². The Morgan fingerprint density at radius 3 is 2.70 bits per heavy atom. The summed E-state index contributed by atoms with van der Waals surface area (Å²) < 4.78 is 25.7. The number of benzene rings is 1. The molecule has 0 aromatic heterocycles. The molecular formula is C19H30FN5O2. The van der Waals surface area contributed by atoms with Crippen molar-refractivity contribution in [1.82, 2.24) is 5.01 Å². The van der Waals surface area contributed by atoms with Crippen LogP contribution in [0.2, 0.25) is 0 Å². The maximum absolute atomic E-state index is 14.7. The molecule has 0 unspecified atom stereocenters. The van der Waals surface area contributed by atoms with Crippen molar-refractivity contribution < 1.29 is 13.9 Å². The highest BCUT2D eigenvalue weighted by Crippen LogP contribution is 2.47. The largest absolute Gasteiger partial charge is 0.492 e. The minimum absolute atomic E-state index is 0.246. The molecule has 150 valence electrons. The first-order chi connectivity index (χ1) is 13.0. The Kier molecular flexibility index (Phi) is 5.15. The van der Waals surface area contributed by atoms with E-state index in [2.05, 4.69) is 15.9 Å². The number of methoxy groups -OCH3 is 2. The third kappa shape index (κ3) is 3.47. The van der Waals surface area contributed by atoms with E-state index in [9.17, 15) is 4.39 Å². The molecule has 8 heteroatoms. The predicted molar refractivity (Wildman–Crippen MR) is 104 cm³/mol. The Hall–Kier alpha value is -1.61. The SMILES string of the molecule is COC[C@@H](N)[C@H]1CN(c2ccc3c(c2OC)N(C2CC2)CN(N)C3)C[C@@H]1F. The van der Waals surface area contributed by atoms with E-state index in [0.717, 1.165) is 22.7 Å². The van der Waals surface area contributed by atoms with Gasteiger partial charge in [-0.25, -0.2) is 9.40 Å². The van der Waals surface area contributed by atoms with E-state index < -0.39 is 6.17 Å². The summed E-state index contributed by atoms with van der Waals surface area (Å²) >= 11 is 0. The van der Waals surface area contributed by atoms with Crippen molar-refractivity contribution in [1.29, 1.82) is 0 Å². The third-order valence-electron chi connectivity index (χ3n) is 5.92. The average molecular weight is 379 g/mol. The fraction of sp³-hybridized carbons (Fsp3) is 0.684. The molecule has 2 fully saturated rings. The van der Waals surface area contributed by atoms with Gasteiger partial charge in [0.05, 0.1) is 31.8 Å². The number of hydrazine groups is 1. The monoisotopic (exact) mass is 379 g/mol. The zero-order chi connectivity index (χ0) is 19.1. The number of ether oxygens (including phenoxy) is 2. The predicted octanol–water partition coefficient (Wildman–Crippen LogP) is 1.06. The van der Waals surface area contributed by atoms with Gasteiger partial charge in [-0.3, -0.25) is 5.84 Å². The lowest BCUT2D eigenvalue weighted by atomic mass is 9.99. The van der Waals surface area contributed by atoms with Gasteiger partial charge >= 0.3 is 0 Å². The molecule has 0 radical (unpaired) electrons. The summed E-state index contributed by atoms with van der Waals surface area (Å²) in [6, 6.07) is 4.32. The summed E-state index contributed by atoms with van der Waals surface area (Å²) in [5.41, 5.74) is 9.33. The van der Waals surface area contributed by atoms with E-state index in [1.165, 1.54) is 12.8 Å². The maximum atomic E-state index is 14.7. The van der Waals surface area contributed by atoms with Crippen molar-refractivity contribution in [2.24, 2.45) is 17.5 Å².